The molecule has 1 aliphatic heterocycles. The van der Waals surface area contributed by atoms with Crippen molar-refractivity contribution in [3.05, 3.63) is 47.8 Å². The van der Waals surface area contributed by atoms with Crippen molar-refractivity contribution in [1.82, 2.24) is 19.9 Å². The number of nitrogens with one attached hydrogen (secondary N) is 1. The van der Waals surface area contributed by atoms with Gasteiger partial charge in [-0.2, -0.15) is 4.98 Å². The first-order valence-corrected chi connectivity index (χ1v) is 9.62. The number of nitrogens with zero attached hydrogens (tertiary/aromatic N) is 5. The topological polar surface area (TPSA) is 68.4 Å². The van der Waals surface area contributed by atoms with Crippen LogP contribution in [-0.4, -0.2) is 66.0 Å². The number of amides is 1. The molecule has 1 aliphatic rings. The third kappa shape index (κ3) is 3.65. The number of piperazine rings is 1. The Labute approximate surface area is 165 Å². The highest BCUT2D eigenvalue weighted by molar-refractivity contribution is 5.89. The van der Waals surface area contributed by atoms with Crippen molar-refractivity contribution in [2.75, 3.05) is 50.1 Å². The summed E-state index contributed by atoms with van der Waals surface area (Å²) in [5.41, 5.74) is 3.08. The lowest BCUT2D eigenvalue weighted by Crippen LogP contribution is -2.49. The maximum absolute atomic E-state index is 12.8. The lowest BCUT2D eigenvalue weighted by molar-refractivity contribution is -0.130. The molecular weight excluding hydrogens is 352 g/mol. The van der Waals surface area contributed by atoms with Crippen LogP contribution < -0.4 is 9.80 Å². The second kappa shape index (κ2) is 7.50. The molecule has 3 heterocycles. The van der Waals surface area contributed by atoms with E-state index in [0.717, 1.165) is 47.0 Å². The van der Waals surface area contributed by atoms with Crippen LogP contribution >= 0.6 is 0 Å². The third-order valence-electron chi connectivity index (χ3n) is 5.22. The van der Waals surface area contributed by atoms with Gasteiger partial charge in [0.1, 0.15) is 5.82 Å². The number of fused-ring (bicyclic) bond motifs is 1. The van der Waals surface area contributed by atoms with Gasteiger partial charge in [-0.3, -0.25) is 4.79 Å². The highest BCUT2D eigenvalue weighted by atomic mass is 16.2. The molecule has 1 N–H and O–H groups in total. The first kappa shape index (κ1) is 18.3. The molecule has 28 heavy (non-hydrogen) atoms. The van der Waals surface area contributed by atoms with E-state index in [9.17, 15) is 4.79 Å². The van der Waals surface area contributed by atoms with Gasteiger partial charge in [0.05, 0.1) is 6.42 Å². The smallest absolute Gasteiger partial charge is 0.227 e. The maximum Gasteiger partial charge on any atom is 0.227 e. The molecule has 146 valence electrons. The average Bonchev–Trinajstić information content (AvgIpc) is 3.10. The maximum atomic E-state index is 12.8. The van der Waals surface area contributed by atoms with Crippen LogP contribution in [-0.2, 0) is 11.2 Å². The quantitative estimate of drug-likeness (QED) is 0.754. The number of anilines is 2. The number of hydrogen-bond acceptors (Lipinski definition) is 5. The molecule has 0 aliphatic carbocycles. The van der Waals surface area contributed by atoms with Gasteiger partial charge in [0.25, 0.3) is 0 Å². The number of para-hydroxylation sites is 1. The fourth-order valence-corrected chi connectivity index (χ4v) is 3.62. The van der Waals surface area contributed by atoms with Gasteiger partial charge in [-0.05, 0) is 18.6 Å². The van der Waals surface area contributed by atoms with Crippen molar-refractivity contribution in [1.29, 1.82) is 0 Å². The van der Waals surface area contributed by atoms with E-state index >= 15 is 0 Å². The van der Waals surface area contributed by atoms with Crippen molar-refractivity contribution in [2.45, 2.75) is 13.3 Å². The van der Waals surface area contributed by atoms with E-state index in [1.807, 2.05) is 61.3 Å². The van der Waals surface area contributed by atoms with Crippen LogP contribution in [0, 0.1) is 6.92 Å². The van der Waals surface area contributed by atoms with Crippen LogP contribution in [0.15, 0.2) is 36.5 Å². The monoisotopic (exact) mass is 378 g/mol. The van der Waals surface area contributed by atoms with Gasteiger partial charge in [-0.1, -0.05) is 18.2 Å². The molecule has 1 saturated heterocycles. The number of rotatable bonds is 4. The van der Waals surface area contributed by atoms with Gasteiger partial charge in [0, 0.05) is 69.1 Å². The van der Waals surface area contributed by atoms with E-state index in [2.05, 4.69) is 25.9 Å². The number of hydrogen-bond donors (Lipinski definition) is 1. The Hall–Kier alpha value is -3.09. The lowest BCUT2D eigenvalue weighted by atomic mass is 10.1. The molecule has 0 saturated carbocycles. The molecule has 7 nitrogen and oxygen atoms in total. The number of carbonyl (C=O) groups is 1. The Morgan fingerprint density at radius 3 is 2.64 bits per heavy atom. The Morgan fingerprint density at radius 2 is 1.89 bits per heavy atom. The predicted molar refractivity (Wildman–Crippen MR) is 112 cm³/mol. The SMILES string of the molecule is Cc1cc(N(C)C)nc(N2CCN(C(=O)Cc3c[nH]c4ccccc34)CC2)n1. The molecule has 1 aromatic carbocycles. The molecule has 1 fully saturated rings. The van der Waals surface area contributed by atoms with Crippen LogP contribution in [0.5, 0.6) is 0 Å². The van der Waals surface area contributed by atoms with Gasteiger partial charge in [0.2, 0.25) is 11.9 Å². The predicted octanol–water partition coefficient (Wildman–Crippen LogP) is 2.22. The molecule has 0 spiro atoms. The second-order valence-corrected chi connectivity index (χ2v) is 7.47. The summed E-state index contributed by atoms with van der Waals surface area (Å²) < 4.78 is 0. The molecular formula is C21H26N6O. The van der Waals surface area contributed by atoms with E-state index in [4.69, 9.17) is 0 Å². The Morgan fingerprint density at radius 1 is 1.14 bits per heavy atom. The molecule has 3 aromatic rings. The van der Waals surface area contributed by atoms with E-state index < -0.39 is 0 Å². The summed E-state index contributed by atoms with van der Waals surface area (Å²) in [7, 11) is 3.96. The summed E-state index contributed by atoms with van der Waals surface area (Å²) in [6.45, 7) is 4.86. The first-order valence-electron chi connectivity index (χ1n) is 9.62. The fourth-order valence-electron chi connectivity index (χ4n) is 3.62. The lowest BCUT2D eigenvalue weighted by Gasteiger charge is -2.35. The molecule has 0 atom stereocenters. The first-order chi connectivity index (χ1) is 13.5. The zero-order valence-electron chi connectivity index (χ0n) is 16.6. The van der Waals surface area contributed by atoms with Crippen LogP contribution in [0.2, 0.25) is 0 Å². The van der Waals surface area contributed by atoms with Gasteiger partial charge >= 0.3 is 0 Å². The normalized spacial score (nSPS) is 14.5. The summed E-state index contributed by atoms with van der Waals surface area (Å²) in [4.78, 5) is 31.4. The molecule has 0 bridgehead atoms. The van der Waals surface area contributed by atoms with Crippen LogP contribution in [0.1, 0.15) is 11.3 Å². The number of aromatic nitrogens is 3. The van der Waals surface area contributed by atoms with Crippen molar-refractivity contribution in [2.24, 2.45) is 0 Å². The molecule has 0 unspecified atom stereocenters. The van der Waals surface area contributed by atoms with Crippen molar-refractivity contribution in [3.8, 4) is 0 Å². The zero-order chi connectivity index (χ0) is 19.7. The largest absolute Gasteiger partial charge is 0.363 e. The Kier molecular flexibility index (Phi) is 4.90. The number of H-pyrrole nitrogens is 1. The number of benzene rings is 1. The summed E-state index contributed by atoms with van der Waals surface area (Å²) in [6, 6.07) is 10.1. The summed E-state index contributed by atoms with van der Waals surface area (Å²) in [5, 5.41) is 1.12. The minimum absolute atomic E-state index is 0.170. The van der Waals surface area contributed by atoms with Gasteiger partial charge in [-0.15, -0.1) is 0 Å². The minimum Gasteiger partial charge on any atom is -0.363 e. The third-order valence-corrected chi connectivity index (χ3v) is 5.22. The Bertz CT molecular complexity index is 987. The van der Waals surface area contributed by atoms with Gasteiger partial charge in [0.15, 0.2) is 0 Å². The fraction of sp³-hybridized carbons (Fsp3) is 0.381. The van der Waals surface area contributed by atoms with Crippen molar-refractivity contribution in [3.63, 3.8) is 0 Å². The summed E-state index contributed by atoms with van der Waals surface area (Å²) >= 11 is 0. The number of aryl methyl sites for hydroxylation is 1. The van der Waals surface area contributed by atoms with Gasteiger partial charge < -0.3 is 19.7 Å². The van der Waals surface area contributed by atoms with E-state index in [0.29, 0.717) is 19.5 Å². The standard InChI is InChI=1S/C21H26N6O/c1-15-12-19(25(2)3)24-21(23-15)27-10-8-26(9-11-27)20(28)13-16-14-22-18-7-5-4-6-17(16)18/h4-7,12,14,22H,8-11,13H2,1-3H3. The zero-order valence-corrected chi connectivity index (χ0v) is 16.6. The molecule has 4 rings (SSSR count). The molecule has 7 heteroatoms. The summed E-state index contributed by atoms with van der Waals surface area (Å²) in [5.74, 6) is 1.82. The van der Waals surface area contributed by atoms with Gasteiger partial charge in [-0.25, -0.2) is 4.98 Å². The highest BCUT2D eigenvalue weighted by Crippen LogP contribution is 2.20. The van der Waals surface area contributed by atoms with Crippen molar-refractivity contribution < 1.29 is 4.79 Å². The second-order valence-electron chi connectivity index (χ2n) is 7.47. The highest BCUT2D eigenvalue weighted by Gasteiger charge is 2.23. The van der Waals surface area contributed by atoms with Crippen LogP contribution in [0.25, 0.3) is 10.9 Å². The van der Waals surface area contributed by atoms with Crippen LogP contribution in [0.3, 0.4) is 0 Å². The number of aromatic amines is 1. The van der Waals surface area contributed by atoms with E-state index in [-0.39, 0.29) is 5.91 Å². The Balaban J connectivity index is 1.41. The number of carbonyl (C=O) groups excluding carboxylic acids is 1. The average molecular weight is 378 g/mol. The van der Waals surface area contributed by atoms with Crippen LogP contribution in [0.4, 0.5) is 11.8 Å². The van der Waals surface area contributed by atoms with E-state index in [1.54, 1.807) is 0 Å². The molecule has 0 radical (unpaired) electrons. The summed E-state index contributed by atoms with van der Waals surface area (Å²) in [6.07, 6.45) is 2.37. The molecule has 1 amide bonds. The minimum atomic E-state index is 0.170. The molecule has 2 aromatic heterocycles. The van der Waals surface area contributed by atoms with Crippen molar-refractivity contribution >= 4 is 28.6 Å². The van der Waals surface area contributed by atoms with E-state index in [1.165, 1.54) is 0 Å².